The summed E-state index contributed by atoms with van der Waals surface area (Å²) in [6.07, 6.45) is 7.45. The van der Waals surface area contributed by atoms with Crippen LogP contribution >= 0.6 is 11.8 Å². The maximum atomic E-state index is 12.6. The zero-order valence-corrected chi connectivity index (χ0v) is 19.8. The minimum Gasteiger partial charge on any atom is -0.435 e. The number of fused-ring (bicyclic) bond motifs is 1. The number of thioether (sulfide) groups is 1. The predicted octanol–water partition coefficient (Wildman–Crippen LogP) is 5.27. The van der Waals surface area contributed by atoms with Crippen LogP contribution in [0, 0.1) is 11.3 Å². The van der Waals surface area contributed by atoms with Crippen LogP contribution in [0.4, 0.5) is 8.78 Å². The van der Waals surface area contributed by atoms with Crippen LogP contribution in [-0.4, -0.2) is 43.8 Å². The SMILES string of the molecule is N#Cc1c(CSc2nnc(CN3CCCCC3)n2-c2ccc(OC(F)F)cc2)cn2ccccc12. The second-order valence-electron chi connectivity index (χ2n) is 8.37. The second kappa shape index (κ2) is 10.5. The van der Waals surface area contributed by atoms with Crippen molar-refractivity contribution in [2.24, 2.45) is 0 Å². The number of halogens is 2. The van der Waals surface area contributed by atoms with E-state index in [4.69, 9.17) is 0 Å². The summed E-state index contributed by atoms with van der Waals surface area (Å²) in [6.45, 7) is -0.190. The molecule has 1 aromatic carbocycles. The first-order valence-electron chi connectivity index (χ1n) is 11.5. The van der Waals surface area contributed by atoms with Gasteiger partial charge in [0.1, 0.15) is 11.8 Å². The van der Waals surface area contributed by atoms with Gasteiger partial charge in [0, 0.05) is 23.8 Å². The Kier molecular flexibility index (Phi) is 6.97. The maximum Gasteiger partial charge on any atom is 0.387 e. The Bertz CT molecular complexity index is 1340. The van der Waals surface area contributed by atoms with Crippen LogP contribution in [-0.2, 0) is 12.3 Å². The van der Waals surface area contributed by atoms with Crippen LogP contribution in [0.15, 0.2) is 60.0 Å². The highest BCUT2D eigenvalue weighted by Gasteiger charge is 2.20. The molecule has 5 rings (SSSR count). The molecule has 0 amide bonds. The van der Waals surface area contributed by atoms with E-state index in [0.29, 0.717) is 23.0 Å². The van der Waals surface area contributed by atoms with Gasteiger partial charge in [0.25, 0.3) is 0 Å². The number of piperidine rings is 1. The minimum absolute atomic E-state index is 0.0998. The average molecular weight is 495 g/mol. The first kappa shape index (κ1) is 23.3. The first-order chi connectivity index (χ1) is 17.1. The van der Waals surface area contributed by atoms with E-state index in [-0.39, 0.29) is 5.75 Å². The maximum absolute atomic E-state index is 12.6. The summed E-state index contributed by atoms with van der Waals surface area (Å²) in [5.74, 6) is 1.43. The van der Waals surface area contributed by atoms with Gasteiger partial charge in [-0.2, -0.15) is 14.0 Å². The lowest BCUT2D eigenvalue weighted by Crippen LogP contribution is -2.30. The molecule has 3 aromatic heterocycles. The molecule has 1 saturated heterocycles. The van der Waals surface area contributed by atoms with Gasteiger partial charge in [0.05, 0.1) is 17.6 Å². The number of hydrogen-bond acceptors (Lipinski definition) is 6. The third kappa shape index (κ3) is 5.16. The number of benzene rings is 1. The number of alkyl halides is 2. The molecule has 1 aliphatic heterocycles. The molecule has 4 aromatic rings. The van der Waals surface area contributed by atoms with Gasteiger partial charge in [-0.15, -0.1) is 10.2 Å². The lowest BCUT2D eigenvalue weighted by Gasteiger charge is -2.26. The van der Waals surface area contributed by atoms with E-state index in [1.165, 1.54) is 30.3 Å². The number of nitriles is 1. The van der Waals surface area contributed by atoms with Gasteiger partial charge < -0.3 is 9.14 Å². The Morgan fingerprint density at radius 2 is 1.86 bits per heavy atom. The van der Waals surface area contributed by atoms with Crippen LogP contribution in [0.2, 0.25) is 0 Å². The number of nitrogens with zero attached hydrogens (tertiary/aromatic N) is 6. The Labute approximate surface area is 205 Å². The monoisotopic (exact) mass is 494 g/mol. The molecule has 0 aliphatic carbocycles. The molecule has 10 heteroatoms. The summed E-state index contributed by atoms with van der Waals surface area (Å²) < 4.78 is 33.6. The van der Waals surface area contributed by atoms with Crippen molar-refractivity contribution in [2.75, 3.05) is 13.1 Å². The van der Waals surface area contributed by atoms with E-state index in [0.717, 1.165) is 48.5 Å². The Hall–Kier alpha value is -3.42. The number of rotatable bonds is 8. The van der Waals surface area contributed by atoms with Crippen LogP contribution in [0.5, 0.6) is 5.75 Å². The molecule has 1 fully saturated rings. The fraction of sp³-hybridized carbons (Fsp3) is 0.320. The van der Waals surface area contributed by atoms with Crippen LogP contribution in [0.3, 0.4) is 0 Å². The molecule has 7 nitrogen and oxygen atoms in total. The number of pyridine rings is 1. The van der Waals surface area contributed by atoms with E-state index >= 15 is 0 Å². The number of aromatic nitrogens is 4. The third-order valence-electron chi connectivity index (χ3n) is 6.06. The van der Waals surface area contributed by atoms with Crippen molar-refractivity contribution in [3.63, 3.8) is 0 Å². The molecular weight excluding hydrogens is 470 g/mol. The molecule has 180 valence electrons. The molecule has 0 atom stereocenters. The molecule has 0 N–H and O–H groups in total. The van der Waals surface area contributed by atoms with Crippen molar-refractivity contribution in [1.82, 2.24) is 24.1 Å². The summed E-state index contributed by atoms with van der Waals surface area (Å²) >= 11 is 1.49. The van der Waals surface area contributed by atoms with Crippen molar-refractivity contribution in [1.29, 1.82) is 5.26 Å². The fourth-order valence-corrected chi connectivity index (χ4v) is 5.35. The van der Waals surface area contributed by atoms with Crippen LogP contribution in [0.1, 0.15) is 36.2 Å². The van der Waals surface area contributed by atoms with Gasteiger partial charge in [-0.3, -0.25) is 9.47 Å². The number of ether oxygens (including phenoxy) is 1. The summed E-state index contributed by atoms with van der Waals surface area (Å²) in [7, 11) is 0. The van der Waals surface area contributed by atoms with Gasteiger partial charge in [0.2, 0.25) is 0 Å². The quantitative estimate of drug-likeness (QED) is 0.311. The molecule has 0 bridgehead atoms. The average Bonchev–Trinajstić information content (AvgIpc) is 3.44. The normalized spacial score (nSPS) is 14.5. The zero-order valence-electron chi connectivity index (χ0n) is 19.0. The standard InChI is InChI=1S/C25H24F2N6OS/c26-24(27)34-20-9-7-19(8-10-20)33-23(16-31-11-3-1-4-12-31)29-30-25(33)35-17-18-15-32-13-5-2-6-22(32)21(18)14-28/h2,5-10,13,15,24H,1,3-4,11-12,16-17H2. The van der Waals surface area contributed by atoms with Gasteiger partial charge in [-0.05, 0) is 67.9 Å². The highest BCUT2D eigenvalue weighted by Crippen LogP contribution is 2.30. The zero-order chi connectivity index (χ0) is 24.2. The van der Waals surface area contributed by atoms with Gasteiger partial charge in [-0.1, -0.05) is 24.2 Å². The van der Waals surface area contributed by atoms with Crippen LogP contribution in [0.25, 0.3) is 11.2 Å². The summed E-state index contributed by atoms with van der Waals surface area (Å²) in [4.78, 5) is 2.36. The Morgan fingerprint density at radius 1 is 1.06 bits per heavy atom. The highest BCUT2D eigenvalue weighted by atomic mass is 32.2. The molecule has 1 aliphatic rings. The van der Waals surface area contributed by atoms with Crippen molar-refractivity contribution < 1.29 is 13.5 Å². The molecule has 0 spiro atoms. The van der Waals surface area contributed by atoms with Crippen molar-refractivity contribution in [3.8, 4) is 17.5 Å². The highest BCUT2D eigenvalue weighted by molar-refractivity contribution is 7.98. The van der Waals surface area contributed by atoms with Crippen molar-refractivity contribution in [2.45, 2.75) is 43.3 Å². The number of hydrogen-bond donors (Lipinski definition) is 0. The van der Waals surface area contributed by atoms with Gasteiger partial charge in [0.15, 0.2) is 11.0 Å². The van der Waals surface area contributed by atoms with Crippen molar-refractivity contribution >= 4 is 17.3 Å². The molecule has 35 heavy (non-hydrogen) atoms. The lowest BCUT2D eigenvalue weighted by molar-refractivity contribution is -0.0498. The summed E-state index contributed by atoms with van der Waals surface area (Å²) in [6, 6.07) is 14.6. The van der Waals surface area contributed by atoms with E-state index in [9.17, 15) is 14.0 Å². The largest absolute Gasteiger partial charge is 0.435 e. The topological polar surface area (TPSA) is 71.4 Å². The Balaban J connectivity index is 1.44. The first-order valence-corrected chi connectivity index (χ1v) is 12.4. The Morgan fingerprint density at radius 3 is 2.60 bits per heavy atom. The van der Waals surface area contributed by atoms with Gasteiger partial charge >= 0.3 is 6.61 Å². The lowest BCUT2D eigenvalue weighted by atomic mass is 10.1. The molecular formula is C25H24F2N6OS. The predicted molar refractivity (Wildman–Crippen MR) is 129 cm³/mol. The second-order valence-corrected chi connectivity index (χ2v) is 9.31. The summed E-state index contributed by atoms with van der Waals surface area (Å²) in [5.41, 5.74) is 3.20. The third-order valence-corrected chi connectivity index (χ3v) is 7.04. The molecule has 0 unspecified atom stereocenters. The van der Waals surface area contributed by atoms with E-state index < -0.39 is 6.61 Å². The van der Waals surface area contributed by atoms with E-state index in [1.54, 1.807) is 12.1 Å². The fourth-order valence-electron chi connectivity index (χ4n) is 4.41. The van der Waals surface area contributed by atoms with Gasteiger partial charge in [-0.25, -0.2) is 0 Å². The number of likely N-dealkylation sites (tertiary alicyclic amines) is 1. The minimum atomic E-state index is -2.87. The van der Waals surface area contributed by atoms with Crippen LogP contribution < -0.4 is 4.74 Å². The van der Waals surface area contributed by atoms with E-state index in [2.05, 4.69) is 25.9 Å². The molecule has 0 saturated carbocycles. The van der Waals surface area contributed by atoms with E-state index in [1.807, 2.05) is 39.6 Å². The molecule has 0 radical (unpaired) electrons. The van der Waals surface area contributed by atoms with Crippen molar-refractivity contribution in [3.05, 3.63) is 71.8 Å². The molecule has 4 heterocycles. The summed E-state index contributed by atoms with van der Waals surface area (Å²) in [5, 5.41) is 19.4. The smallest absolute Gasteiger partial charge is 0.387 e.